The Morgan fingerprint density at radius 2 is 2.19 bits per heavy atom. The van der Waals surface area contributed by atoms with E-state index in [9.17, 15) is 5.11 Å². The third-order valence-corrected chi connectivity index (χ3v) is 3.11. The molecule has 1 aromatic rings. The van der Waals surface area contributed by atoms with Crippen LogP contribution in [0.2, 0.25) is 0 Å². The number of aliphatic hydroxyl groups excluding tert-OH is 1. The van der Waals surface area contributed by atoms with Crippen molar-refractivity contribution in [3.63, 3.8) is 0 Å². The number of benzene rings is 1. The molecule has 3 unspecified atom stereocenters. The van der Waals surface area contributed by atoms with E-state index in [1.54, 1.807) is 6.21 Å². The molecule has 0 amide bonds. The molecule has 2 aliphatic heterocycles. The van der Waals surface area contributed by atoms with E-state index in [-0.39, 0.29) is 12.0 Å². The van der Waals surface area contributed by atoms with Gasteiger partial charge in [-0.05, 0) is 24.1 Å². The van der Waals surface area contributed by atoms with Gasteiger partial charge in [-0.1, -0.05) is 24.3 Å². The molecular formula is C13H13NO2. The van der Waals surface area contributed by atoms with Gasteiger partial charge in [0.2, 0.25) is 6.29 Å². The number of fused-ring (bicyclic) bond motifs is 2. The van der Waals surface area contributed by atoms with E-state index >= 15 is 0 Å². The van der Waals surface area contributed by atoms with Crippen LogP contribution >= 0.6 is 0 Å². The summed E-state index contributed by atoms with van der Waals surface area (Å²) in [6.45, 7) is 0. The number of aliphatic imine (C=N–C) groups is 1. The Balaban J connectivity index is 2.00. The van der Waals surface area contributed by atoms with E-state index in [1.165, 1.54) is 0 Å². The van der Waals surface area contributed by atoms with Crippen molar-refractivity contribution < 1.29 is 9.84 Å². The van der Waals surface area contributed by atoms with E-state index in [2.05, 4.69) is 11.1 Å². The fourth-order valence-electron chi connectivity index (χ4n) is 2.28. The van der Waals surface area contributed by atoms with Crippen LogP contribution in [0.25, 0.3) is 0 Å². The maximum Gasteiger partial charge on any atom is 0.220 e. The first-order valence-corrected chi connectivity index (χ1v) is 5.47. The lowest BCUT2D eigenvalue weighted by Gasteiger charge is -2.23. The van der Waals surface area contributed by atoms with Gasteiger partial charge in [-0.3, -0.25) is 4.99 Å². The zero-order valence-corrected chi connectivity index (χ0v) is 8.78. The highest BCUT2D eigenvalue weighted by Gasteiger charge is 2.32. The Morgan fingerprint density at radius 1 is 1.31 bits per heavy atom. The number of nitrogens with zero attached hydrogens (tertiary/aromatic N) is 1. The molecule has 0 bridgehead atoms. The average molecular weight is 215 g/mol. The van der Waals surface area contributed by atoms with Crippen LogP contribution < -0.4 is 4.74 Å². The number of para-hydroxylation sites is 1. The lowest BCUT2D eigenvalue weighted by molar-refractivity contribution is -0.0399. The maximum absolute atomic E-state index is 9.96. The molecule has 0 spiro atoms. The summed E-state index contributed by atoms with van der Waals surface area (Å²) in [7, 11) is 0. The van der Waals surface area contributed by atoms with Crippen molar-refractivity contribution in [1.82, 2.24) is 0 Å². The van der Waals surface area contributed by atoms with Crippen LogP contribution in [0, 0.1) is 5.92 Å². The molecule has 1 N–H and O–H groups in total. The lowest BCUT2D eigenvalue weighted by atomic mass is 9.91. The lowest BCUT2D eigenvalue weighted by Crippen LogP contribution is -2.35. The van der Waals surface area contributed by atoms with Crippen molar-refractivity contribution in [2.24, 2.45) is 10.9 Å². The van der Waals surface area contributed by atoms with Crippen LogP contribution in [0.1, 0.15) is 5.56 Å². The van der Waals surface area contributed by atoms with Gasteiger partial charge < -0.3 is 9.84 Å². The van der Waals surface area contributed by atoms with Crippen LogP contribution in [0.3, 0.4) is 0 Å². The monoisotopic (exact) mass is 215 g/mol. The molecule has 82 valence electrons. The van der Waals surface area contributed by atoms with E-state index in [1.807, 2.05) is 30.3 Å². The summed E-state index contributed by atoms with van der Waals surface area (Å²) in [5, 5.41) is 9.96. The van der Waals surface area contributed by atoms with Gasteiger partial charge in [-0.25, -0.2) is 0 Å². The molecule has 3 rings (SSSR count). The summed E-state index contributed by atoms with van der Waals surface area (Å²) in [6.07, 6.45) is 5.76. The molecule has 0 aromatic heterocycles. The van der Waals surface area contributed by atoms with Crippen molar-refractivity contribution in [3.05, 3.63) is 42.0 Å². The van der Waals surface area contributed by atoms with Gasteiger partial charge in [0.1, 0.15) is 11.8 Å². The van der Waals surface area contributed by atoms with Gasteiger partial charge in [-0.15, -0.1) is 0 Å². The van der Waals surface area contributed by atoms with E-state index < -0.39 is 6.29 Å². The molecule has 2 aliphatic rings. The first-order valence-electron chi connectivity index (χ1n) is 5.47. The smallest absolute Gasteiger partial charge is 0.220 e. The number of hydrogen-bond acceptors (Lipinski definition) is 3. The zero-order valence-electron chi connectivity index (χ0n) is 8.78. The molecular weight excluding hydrogens is 202 g/mol. The molecule has 3 nitrogen and oxygen atoms in total. The second-order valence-electron chi connectivity index (χ2n) is 4.16. The van der Waals surface area contributed by atoms with Crippen molar-refractivity contribution in [1.29, 1.82) is 0 Å². The number of rotatable bonds is 0. The van der Waals surface area contributed by atoms with Crippen molar-refractivity contribution in [2.75, 3.05) is 0 Å². The van der Waals surface area contributed by atoms with Crippen molar-refractivity contribution >= 4 is 6.21 Å². The minimum atomic E-state index is -0.852. The largest absolute Gasteiger partial charge is 0.462 e. The number of dihydropyridines is 1. The van der Waals surface area contributed by atoms with Gasteiger partial charge in [-0.2, -0.15) is 0 Å². The summed E-state index contributed by atoms with van der Waals surface area (Å²) in [4.78, 5) is 4.29. The van der Waals surface area contributed by atoms with Crippen LogP contribution in [0.5, 0.6) is 5.75 Å². The molecule has 2 heterocycles. The van der Waals surface area contributed by atoms with E-state index in [0.717, 1.165) is 17.7 Å². The second kappa shape index (κ2) is 3.76. The maximum atomic E-state index is 9.96. The standard InChI is InChI=1S/C13H13NO2/c15-13-12-10(5-3-7-14-12)8-9-4-1-2-6-11(9)16-13/h1-7,10,12-13,15H,8H2. The Hall–Kier alpha value is -1.61. The van der Waals surface area contributed by atoms with Gasteiger partial charge in [0.15, 0.2) is 0 Å². The zero-order chi connectivity index (χ0) is 11.0. The summed E-state index contributed by atoms with van der Waals surface area (Å²) < 4.78 is 5.53. The quantitative estimate of drug-likeness (QED) is 0.713. The van der Waals surface area contributed by atoms with Gasteiger partial charge in [0, 0.05) is 12.1 Å². The van der Waals surface area contributed by atoms with E-state index in [0.29, 0.717) is 0 Å². The van der Waals surface area contributed by atoms with Gasteiger partial charge in [0.05, 0.1) is 0 Å². The molecule has 0 fully saturated rings. The number of hydrogen-bond donors (Lipinski definition) is 1. The summed E-state index contributed by atoms with van der Waals surface area (Å²) >= 11 is 0. The summed E-state index contributed by atoms with van der Waals surface area (Å²) in [5.41, 5.74) is 1.14. The highest BCUT2D eigenvalue weighted by atomic mass is 16.6. The summed E-state index contributed by atoms with van der Waals surface area (Å²) in [6, 6.07) is 7.65. The van der Waals surface area contributed by atoms with Crippen molar-refractivity contribution in [3.8, 4) is 5.75 Å². The first-order chi connectivity index (χ1) is 7.84. The molecule has 3 heteroatoms. The minimum Gasteiger partial charge on any atom is -0.462 e. The average Bonchev–Trinajstić information content (AvgIpc) is 2.45. The van der Waals surface area contributed by atoms with Crippen molar-refractivity contribution in [2.45, 2.75) is 18.8 Å². The van der Waals surface area contributed by atoms with Gasteiger partial charge in [0.25, 0.3) is 0 Å². The number of ether oxygens (including phenoxy) is 1. The number of allylic oxidation sites excluding steroid dienone is 1. The molecule has 0 saturated carbocycles. The summed E-state index contributed by atoms with van der Waals surface area (Å²) in [5.74, 6) is 0.997. The predicted molar refractivity (Wildman–Crippen MR) is 61.7 cm³/mol. The SMILES string of the molecule is OC1Oc2ccccc2CC2C=CC=NC21. The van der Waals surface area contributed by atoms with E-state index in [4.69, 9.17) is 4.74 Å². The van der Waals surface area contributed by atoms with Crippen LogP contribution in [-0.2, 0) is 6.42 Å². The fraction of sp³-hybridized carbons (Fsp3) is 0.308. The Labute approximate surface area is 94.1 Å². The third kappa shape index (κ3) is 1.53. The normalized spacial score (nSPS) is 31.2. The highest BCUT2D eigenvalue weighted by Crippen LogP contribution is 2.31. The predicted octanol–water partition coefficient (Wildman–Crippen LogP) is 1.57. The molecule has 3 atom stereocenters. The molecule has 1 aromatic carbocycles. The molecule has 0 saturated heterocycles. The molecule has 0 aliphatic carbocycles. The number of aliphatic hydroxyl groups is 1. The Morgan fingerprint density at radius 3 is 3.12 bits per heavy atom. The highest BCUT2D eigenvalue weighted by molar-refractivity contribution is 5.72. The third-order valence-electron chi connectivity index (χ3n) is 3.11. The van der Waals surface area contributed by atoms with Crippen LogP contribution in [0.15, 0.2) is 41.4 Å². The van der Waals surface area contributed by atoms with Gasteiger partial charge >= 0.3 is 0 Å². The fourth-order valence-corrected chi connectivity index (χ4v) is 2.28. The second-order valence-corrected chi connectivity index (χ2v) is 4.16. The topological polar surface area (TPSA) is 41.8 Å². The van der Waals surface area contributed by atoms with Crippen LogP contribution in [-0.4, -0.2) is 23.7 Å². The minimum absolute atomic E-state index is 0.183. The first kappa shape index (κ1) is 9.60. The Bertz CT molecular complexity index is 453. The Kier molecular flexibility index (Phi) is 2.26. The molecule has 0 radical (unpaired) electrons. The van der Waals surface area contributed by atoms with Crippen LogP contribution in [0.4, 0.5) is 0 Å². The molecule has 16 heavy (non-hydrogen) atoms.